The highest BCUT2D eigenvalue weighted by molar-refractivity contribution is 5.98. The van der Waals surface area contributed by atoms with Crippen LogP contribution in [0, 0.1) is 15.5 Å². The molecule has 0 aliphatic carbocycles. The zero-order chi connectivity index (χ0) is 17.8. The lowest BCUT2D eigenvalue weighted by atomic mass is 9.89. The lowest BCUT2D eigenvalue weighted by Crippen LogP contribution is -2.34. The van der Waals surface area contributed by atoms with E-state index in [2.05, 4.69) is 5.32 Å². The van der Waals surface area contributed by atoms with Crippen molar-refractivity contribution in [3.63, 3.8) is 0 Å². The summed E-state index contributed by atoms with van der Waals surface area (Å²) in [5.41, 5.74) is -1.09. The topological polar surface area (TPSA) is 130 Å². The largest absolute Gasteiger partial charge is 0.478 e. The van der Waals surface area contributed by atoms with Gasteiger partial charge in [-0.1, -0.05) is 20.8 Å². The van der Waals surface area contributed by atoms with E-state index >= 15 is 0 Å². The summed E-state index contributed by atoms with van der Waals surface area (Å²) in [6.07, 6.45) is -0.306. The third-order valence-corrected chi connectivity index (χ3v) is 2.98. The van der Waals surface area contributed by atoms with Gasteiger partial charge >= 0.3 is 5.97 Å². The Balaban J connectivity index is 2.87. The quantitative estimate of drug-likeness (QED) is 0.540. The Morgan fingerprint density at radius 1 is 1.26 bits per heavy atom. The van der Waals surface area contributed by atoms with Gasteiger partial charge in [-0.2, -0.15) is 0 Å². The molecule has 0 aliphatic rings. The fourth-order valence-corrected chi connectivity index (χ4v) is 2.06. The molecular weight excluding hydrogens is 304 g/mol. The van der Waals surface area contributed by atoms with Gasteiger partial charge in [0.25, 0.3) is 11.6 Å². The number of hydrogen-bond acceptors (Lipinski definition) is 5. The van der Waals surface area contributed by atoms with Gasteiger partial charge in [0.05, 0.1) is 16.6 Å². The lowest BCUT2D eigenvalue weighted by molar-refractivity contribution is -0.384. The van der Waals surface area contributed by atoms with Gasteiger partial charge in [0.2, 0.25) is 0 Å². The molecule has 0 saturated heterocycles. The first-order valence-electron chi connectivity index (χ1n) is 6.98. The predicted octanol–water partition coefficient (Wildman–Crippen LogP) is 1.82. The molecule has 1 rings (SSSR count). The van der Waals surface area contributed by atoms with E-state index in [-0.39, 0.29) is 23.1 Å². The maximum absolute atomic E-state index is 12.0. The van der Waals surface area contributed by atoms with Crippen molar-refractivity contribution >= 4 is 17.6 Å². The van der Waals surface area contributed by atoms with Gasteiger partial charge in [-0.25, -0.2) is 4.79 Å². The Morgan fingerprint density at radius 2 is 1.83 bits per heavy atom. The van der Waals surface area contributed by atoms with Gasteiger partial charge in [0.15, 0.2) is 0 Å². The van der Waals surface area contributed by atoms with E-state index in [4.69, 9.17) is 5.11 Å². The molecule has 23 heavy (non-hydrogen) atoms. The van der Waals surface area contributed by atoms with Crippen LogP contribution < -0.4 is 5.32 Å². The van der Waals surface area contributed by atoms with E-state index in [0.29, 0.717) is 6.42 Å². The summed E-state index contributed by atoms with van der Waals surface area (Å²) in [7, 11) is 0. The summed E-state index contributed by atoms with van der Waals surface area (Å²) >= 11 is 0. The van der Waals surface area contributed by atoms with Crippen molar-refractivity contribution in [1.82, 2.24) is 5.32 Å². The summed E-state index contributed by atoms with van der Waals surface area (Å²) in [6.45, 7) is 5.80. The number of carboxylic acid groups (broad SMARTS) is 1. The Labute approximate surface area is 133 Å². The number of hydrogen-bond donors (Lipinski definition) is 3. The molecule has 0 aliphatic heterocycles. The number of carbonyl (C=O) groups is 2. The van der Waals surface area contributed by atoms with Crippen molar-refractivity contribution in [2.75, 3.05) is 6.54 Å². The first kappa shape index (κ1) is 18.6. The standard InChI is InChI=1S/C15H20N2O6/c1-15(2,3)7-12(18)8-16-13(19)9-4-10(14(20)21)6-11(5-9)17(22)23/h4-6,12,18H,7-8H2,1-3H3,(H,16,19)(H,20,21). The number of amides is 1. The maximum atomic E-state index is 12.0. The van der Waals surface area contributed by atoms with Gasteiger partial charge in [-0.3, -0.25) is 14.9 Å². The minimum atomic E-state index is -1.37. The monoisotopic (exact) mass is 324 g/mol. The average molecular weight is 324 g/mol. The number of nitro groups is 1. The third kappa shape index (κ3) is 6.03. The van der Waals surface area contributed by atoms with Gasteiger partial charge in [0, 0.05) is 24.2 Å². The molecule has 0 heterocycles. The fraction of sp³-hybridized carbons (Fsp3) is 0.467. The molecule has 0 aromatic heterocycles. The lowest BCUT2D eigenvalue weighted by Gasteiger charge is -2.22. The van der Waals surface area contributed by atoms with Crippen LogP contribution in [0.5, 0.6) is 0 Å². The van der Waals surface area contributed by atoms with E-state index in [1.54, 1.807) is 0 Å². The highest BCUT2D eigenvalue weighted by Crippen LogP contribution is 2.21. The normalized spacial score (nSPS) is 12.5. The van der Waals surface area contributed by atoms with Crippen molar-refractivity contribution < 1.29 is 24.7 Å². The molecule has 1 aromatic carbocycles. The van der Waals surface area contributed by atoms with Crippen molar-refractivity contribution in [1.29, 1.82) is 0 Å². The highest BCUT2D eigenvalue weighted by atomic mass is 16.6. The molecule has 1 amide bonds. The molecule has 126 valence electrons. The van der Waals surface area contributed by atoms with Crippen LogP contribution in [0.2, 0.25) is 0 Å². The molecule has 0 fully saturated rings. The number of carbonyl (C=O) groups excluding carboxylic acids is 1. The molecule has 0 radical (unpaired) electrons. The number of aromatic carboxylic acids is 1. The van der Waals surface area contributed by atoms with Crippen LogP contribution >= 0.6 is 0 Å². The maximum Gasteiger partial charge on any atom is 0.335 e. The van der Waals surface area contributed by atoms with Crippen molar-refractivity contribution in [3.05, 3.63) is 39.4 Å². The molecule has 0 bridgehead atoms. The Bertz CT molecular complexity index is 589. The van der Waals surface area contributed by atoms with Crippen LogP contribution in [-0.4, -0.2) is 39.7 Å². The van der Waals surface area contributed by atoms with Gasteiger partial charge < -0.3 is 15.5 Å². The van der Waals surface area contributed by atoms with Crippen molar-refractivity contribution in [2.45, 2.75) is 33.3 Å². The van der Waals surface area contributed by atoms with Crippen LogP contribution in [-0.2, 0) is 0 Å². The zero-order valence-electron chi connectivity index (χ0n) is 13.2. The first-order valence-corrected chi connectivity index (χ1v) is 6.98. The number of aliphatic hydroxyl groups excluding tert-OH is 1. The molecule has 1 atom stereocenters. The first-order chi connectivity index (χ1) is 10.5. The van der Waals surface area contributed by atoms with E-state index in [0.717, 1.165) is 18.2 Å². The van der Waals surface area contributed by atoms with Crippen LogP contribution in [0.4, 0.5) is 5.69 Å². The predicted molar refractivity (Wildman–Crippen MR) is 82.5 cm³/mol. The van der Waals surface area contributed by atoms with Gasteiger partial charge in [0.1, 0.15) is 0 Å². The summed E-state index contributed by atoms with van der Waals surface area (Å²) in [6, 6.07) is 2.94. The van der Waals surface area contributed by atoms with Crippen LogP contribution in [0.1, 0.15) is 47.9 Å². The van der Waals surface area contributed by atoms with Gasteiger partial charge in [-0.05, 0) is 17.9 Å². The molecule has 1 unspecified atom stereocenters. The van der Waals surface area contributed by atoms with E-state index in [1.165, 1.54) is 0 Å². The smallest absolute Gasteiger partial charge is 0.335 e. The molecular formula is C15H20N2O6. The fourth-order valence-electron chi connectivity index (χ4n) is 2.06. The average Bonchev–Trinajstić information content (AvgIpc) is 2.42. The molecule has 8 nitrogen and oxygen atoms in total. The Hall–Kier alpha value is -2.48. The summed E-state index contributed by atoms with van der Waals surface area (Å²) in [5, 5.41) is 32.1. The van der Waals surface area contributed by atoms with Crippen molar-refractivity contribution in [2.24, 2.45) is 5.41 Å². The summed E-state index contributed by atoms with van der Waals surface area (Å²) < 4.78 is 0. The Kier molecular flexibility index (Phi) is 5.80. The second-order valence-electron chi connectivity index (χ2n) is 6.46. The SMILES string of the molecule is CC(C)(C)CC(O)CNC(=O)c1cc(C(=O)O)cc([N+](=O)[O-])c1. The number of carboxylic acids is 1. The number of nitrogens with one attached hydrogen (secondary N) is 1. The number of benzene rings is 1. The second-order valence-corrected chi connectivity index (χ2v) is 6.46. The molecule has 0 spiro atoms. The molecule has 8 heteroatoms. The third-order valence-electron chi connectivity index (χ3n) is 2.98. The second kappa shape index (κ2) is 7.19. The van der Waals surface area contributed by atoms with E-state index in [9.17, 15) is 24.8 Å². The number of non-ortho nitro benzene ring substituents is 1. The van der Waals surface area contributed by atoms with Gasteiger partial charge in [-0.15, -0.1) is 0 Å². The summed E-state index contributed by atoms with van der Waals surface area (Å²) in [4.78, 5) is 33.1. The number of aliphatic hydroxyl groups is 1. The molecule has 0 saturated carbocycles. The van der Waals surface area contributed by atoms with Crippen LogP contribution in [0.15, 0.2) is 18.2 Å². The highest BCUT2D eigenvalue weighted by Gasteiger charge is 2.20. The molecule has 1 aromatic rings. The van der Waals surface area contributed by atoms with Crippen molar-refractivity contribution in [3.8, 4) is 0 Å². The molecule has 3 N–H and O–H groups in total. The van der Waals surface area contributed by atoms with Crippen LogP contribution in [0.25, 0.3) is 0 Å². The zero-order valence-corrected chi connectivity index (χ0v) is 13.2. The Morgan fingerprint density at radius 3 is 2.30 bits per heavy atom. The van der Waals surface area contributed by atoms with E-state index < -0.39 is 28.6 Å². The number of nitro benzene ring substituents is 1. The minimum absolute atomic E-state index is 0.0266. The minimum Gasteiger partial charge on any atom is -0.478 e. The summed E-state index contributed by atoms with van der Waals surface area (Å²) in [5.74, 6) is -2.04. The number of nitrogens with zero attached hydrogens (tertiary/aromatic N) is 1. The number of rotatable bonds is 6. The van der Waals surface area contributed by atoms with Crippen LogP contribution in [0.3, 0.4) is 0 Å². The van der Waals surface area contributed by atoms with E-state index in [1.807, 2.05) is 20.8 Å².